The lowest BCUT2D eigenvalue weighted by Gasteiger charge is -2.12. The van der Waals surface area contributed by atoms with Gasteiger partial charge in [0.2, 0.25) is 5.76 Å². The van der Waals surface area contributed by atoms with Gasteiger partial charge in [0.15, 0.2) is 0 Å². The first-order valence-electron chi connectivity index (χ1n) is 8.76. The van der Waals surface area contributed by atoms with Gasteiger partial charge in [-0.1, -0.05) is 54.1 Å². The highest BCUT2D eigenvalue weighted by Crippen LogP contribution is 2.31. The Kier molecular flexibility index (Phi) is 4.41. The molecule has 1 amide bonds. The minimum atomic E-state index is -0.576. The van der Waals surface area contributed by atoms with E-state index in [0.717, 1.165) is 11.1 Å². The number of nitrogens with one attached hydrogen (secondary N) is 1. The molecule has 2 N–H and O–H groups in total. The van der Waals surface area contributed by atoms with Gasteiger partial charge in [-0.2, -0.15) is 0 Å². The Labute approximate surface area is 160 Å². The first kappa shape index (κ1) is 17.5. The van der Waals surface area contributed by atoms with Crippen molar-refractivity contribution in [2.45, 2.75) is 6.92 Å². The van der Waals surface area contributed by atoms with E-state index >= 15 is 0 Å². The summed E-state index contributed by atoms with van der Waals surface area (Å²) >= 11 is 0. The fourth-order valence-electron chi connectivity index (χ4n) is 3.14. The second-order valence-corrected chi connectivity index (χ2v) is 6.51. The van der Waals surface area contributed by atoms with Crippen LogP contribution in [0.5, 0.6) is 5.75 Å². The minimum Gasteiger partial charge on any atom is -0.508 e. The Morgan fingerprint density at radius 3 is 2.36 bits per heavy atom. The van der Waals surface area contributed by atoms with Crippen LogP contribution in [0, 0.1) is 6.92 Å². The van der Waals surface area contributed by atoms with Crippen molar-refractivity contribution in [2.75, 3.05) is 5.32 Å². The van der Waals surface area contributed by atoms with Crippen molar-refractivity contribution >= 4 is 22.4 Å². The Morgan fingerprint density at radius 2 is 1.64 bits per heavy atom. The van der Waals surface area contributed by atoms with Gasteiger partial charge in [0.05, 0.1) is 5.39 Å². The molecule has 0 atom stereocenters. The van der Waals surface area contributed by atoms with Gasteiger partial charge in [-0.25, -0.2) is 4.79 Å². The number of phenolic OH excluding ortho intramolecular Hbond substituents is 1. The SMILES string of the molecule is Cc1ccc(-c2c(C(=O)Nc3cccc(O)c3)oc(=O)c3ccccc23)cc1. The quantitative estimate of drug-likeness (QED) is 0.546. The van der Waals surface area contributed by atoms with Gasteiger partial charge in [0.1, 0.15) is 5.75 Å². The normalized spacial score (nSPS) is 10.8. The van der Waals surface area contributed by atoms with Gasteiger partial charge < -0.3 is 14.8 Å². The summed E-state index contributed by atoms with van der Waals surface area (Å²) in [6.45, 7) is 1.97. The van der Waals surface area contributed by atoms with Crippen LogP contribution >= 0.6 is 0 Å². The van der Waals surface area contributed by atoms with Crippen LogP contribution in [0.4, 0.5) is 5.69 Å². The highest BCUT2D eigenvalue weighted by atomic mass is 16.4. The van der Waals surface area contributed by atoms with Gasteiger partial charge in [-0.05, 0) is 30.7 Å². The fraction of sp³-hybridized carbons (Fsp3) is 0.0435. The van der Waals surface area contributed by atoms with E-state index in [1.54, 1.807) is 30.3 Å². The second-order valence-electron chi connectivity index (χ2n) is 6.51. The molecule has 0 aliphatic heterocycles. The molecule has 0 bridgehead atoms. The van der Waals surface area contributed by atoms with E-state index in [-0.39, 0.29) is 11.5 Å². The molecule has 0 radical (unpaired) electrons. The van der Waals surface area contributed by atoms with Crippen molar-refractivity contribution in [1.82, 2.24) is 0 Å². The lowest BCUT2D eigenvalue weighted by atomic mass is 9.97. The predicted octanol–water partition coefficient (Wildman–Crippen LogP) is 4.73. The number of fused-ring (bicyclic) bond motifs is 1. The number of hydrogen-bond donors (Lipinski definition) is 2. The van der Waals surface area contributed by atoms with Crippen molar-refractivity contribution in [3.63, 3.8) is 0 Å². The van der Waals surface area contributed by atoms with Crippen LogP contribution in [0.3, 0.4) is 0 Å². The lowest BCUT2D eigenvalue weighted by Crippen LogP contribution is -2.16. The van der Waals surface area contributed by atoms with Crippen LogP contribution in [-0.4, -0.2) is 11.0 Å². The molecule has 28 heavy (non-hydrogen) atoms. The smallest absolute Gasteiger partial charge is 0.344 e. The molecular weight excluding hydrogens is 354 g/mol. The summed E-state index contributed by atoms with van der Waals surface area (Å²) in [7, 11) is 0. The van der Waals surface area contributed by atoms with E-state index in [9.17, 15) is 14.7 Å². The van der Waals surface area contributed by atoms with E-state index in [0.29, 0.717) is 22.0 Å². The average Bonchev–Trinajstić information content (AvgIpc) is 2.69. The maximum atomic E-state index is 13.0. The Balaban J connectivity index is 1.92. The molecule has 5 nitrogen and oxygen atoms in total. The maximum Gasteiger partial charge on any atom is 0.344 e. The molecule has 0 aliphatic carbocycles. The van der Waals surface area contributed by atoms with Crippen LogP contribution in [0.15, 0.2) is 82.0 Å². The van der Waals surface area contributed by atoms with E-state index in [2.05, 4.69) is 5.32 Å². The predicted molar refractivity (Wildman–Crippen MR) is 109 cm³/mol. The fourth-order valence-corrected chi connectivity index (χ4v) is 3.14. The molecule has 1 heterocycles. The molecular formula is C23H17NO4. The van der Waals surface area contributed by atoms with Crippen LogP contribution in [-0.2, 0) is 0 Å². The summed E-state index contributed by atoms with van der Waals surface area (Å²) in [5.74, 6) is -0.614. The first-order valence-corrected chi connectivity index (χ1v) is 8.76. The molecule has 4 rings (SSSR count). The molecule has 4 aromatic rings. The second kappa shape index (κ2) is 7.04. The Bertz CT molecular complexity index is 1240. The lowest BCUT2D eigenvalue weighted by molar-refractivity contribution is 0.0994. The van der Waals surface area contributed by atoms with Crippen LogP contribution in [0.25, 0.3) is 21.9 Å². The highest BCUT2D eigenvalue weighted by molar-refractivity contribution is 6.11. The number of benzene rings is 3. The molecule has 0 fully saturated rings. The van der Waals surface area contributed by atoms with E-state index < -0.39 is 11.5 Å². The Morgan fingerprint density at radius 1 is 0.929 bits per heavy atom. The third kappa shape index (κ3) is 3.25. The molecule has 1 aromatic heterocycles. The molecule has 0 unspecified atom stereocenters. The van der Waals surface area contributed by atoms with Crippen LogP contribution < -0.4 is 10.9 Å². The Hall–Kier alpha value is -3.86. The molecule has 0 spiro atoms. The summed E-state index contributed by atoms with van der Waals surface area (Å²) in [6.07, 6.45) is 0. The first-order chi connectivity index (χ1) is 13.5. The molecule has 0 saturated heterocycles. The van der Waals surface area contributed by atoms with Crippen molar-refractivity contribution in [3.05, 3.63) is 94.5 Å². The number of anilines is 1. The van der Waals surface area contributed by atoms with Gasteiger partial charge in [-0.15, -0.1) is 0 Å². The number of aryl methyl sites for hydroxylation is 1. The van der Waals surface area contributed by atoms with E-state index in [4.69, 9.17) is 4.42 Å². The number of phenols is 1. The number of rotatable bonds is 3. The van der Waals surface area contributed by atoms with Gasteiger partial charge in [0.25, 0.3) is 5.91 Å². The zero-order valence-corrected chi connectivity index (χ0v) is 15.1. The third-order valence-corrected chi connectivity index (χ3v) is 4.49. The number of carbonyl (C=O) groups excluding carboxylic acids is 1. The maximum absolute atomic E-state index is 13.0. The summed E-state index contributed by atoms with van der Waals surface area (Å²) in [4.78, 5) is 25.4. The standard InChI is InChI=1S/C23H17NO4/c1-14-9-11-15(12-10-14)20-18-7-2-3-8-19(18)23(27)28-21(20)22(26)24-16-5-4-6-17(25)13-16/h2-13,25H,1H3,(H,24,26). The molecule has 138 valence electrons. The summed E-state index contributed by atoms with van der Waals surface area (Å²) in [5.41, 5.74) is 2.22. The molecule has 0 saturated carbocycles. The summed E-state index contributed by atoms with van der Waals surface area (Å²) < 4.78 is 5.44. The monoisotopic (exact) mass is 371 g/mol. The van der Waals surface area contributed by atoms with E-state index in [1.807, 2.05) is 37.3 Å². The summed E-state index contributed by atoms with van der Waals surface area (Å²) in [6, 6.07) is 20.9. The molecule has 3 aromatic carbocycles. The van der Waals surface area contributed by atoms with Gasteiger partial charge in [0, 0.05) is 22.7 Å². The zero-order valence-electron chi connectivity index (χ0n) is 15.1. The third-order valence-electron chi connectivity index (χ3n) is 4.49. The van der Waals surface area contributed by atoms with Crippen LogP contribution in [0.1, 0.15) is 16.1 Å². The van der Waals surface area contributed by atoms with Crippen molar-refractivity contribution in [2.24, 2.45) is 0 Å². The minimum absolute atomic E-state index is 0.0246. The average molecular weight is 371 g/mol. The molecule has 0 aliphatic rings. The zero-order chi connectivity index (χ0) is 19.7. The number of aromatic hydroxyl groups is 1. The van der Waals surface area contributed by atoms with Gasteiger partial charge >= 0.3 is 5.63 Å². The summed E-state index contributed by atoms with van der Waals surface area (Å²) in [5, 5.41) is 13.3. The van der Waals surface area contributed by atoms with E-state index in [1.165, 1.54) is 12.1 Å². The number of carbonyl (C=O) groups is 1. The number of amides is 1. The van der Waals surface area contributed by atoms with Crippen molar-refractivity contribution < 1.29 is 14.3 Å². The van der Waals surface area contributed by atoms with Crippen LogP contribution in [0.2, 0.25) is 0 Å². The van der Waals surface area contributed by atoms with Crippen molar-refractivity contribution in [1.29, 1.82) is 0 Å². The largest absolute Gasteiger partial charge is 0.508 e. The number of hydrogen-bond acceptors (Lipinski definition) is 4. The van der Waals surface area contributed by atoms with Crippen molar-refractivity contribution in [3.8, 4) is 16.9 Å². The molecule has 5 heteroatoms. The van der Waals surface area contributed by atoms with Gasteiger partial charge in [-0.3, -0.25) is 4.79 Å². The topological polar surface area (TPSA) is 79.5 Å². The highest BCUT2D eigenvalue weighted by Gasteiger charge is 2.21.